The highest BCUT2D eigenvalue weighted by Crippen LogP contribution is 2.24. The van der Waals surface area contributed by atoms with Gasteiger partial charge in [0.1, 0.15) is 0 Å². The molecule has 2 N–H and O–H groups in total. The normalized spacial score (nSPS) is 15.2. The van der Waals surface area contributed by atoms with Gasteiger partial charge >= 0.3 is 0 Å². The van der Waals surface area contributed by atoms with Crippen molar-refractivity contribution in [3.05, 3.63) is 29.8 Å². The fourth-order valence-electron chi connectivity index (χ4n) is 2.34. The van der Waals surface area contributed by atoms with E-state index >= 15 is 0 Å². The molecule has 0 bridgehead atoms. The molecule has 0 aromatic heterocycles. The molecule has 1 aliphatic carbocycles. The maximum atomic E-state index is 6.01. The Morgan fingerprint density at radius 3 is 2.75 bits per heavy atom. The minimum absolute atomic E-state index is 0.623. The molecule has 110 valence electrons. The molecule has 0 amide bonds. The van der Waals surface area contributed by atoms with Gasteiger partial charge < -0.3 is 15.5 Å². The minimum atomic E-state index is 0.623. The summed E-state index contributed by atoms with van der Waals surface area (Å²) in [4.78, 5) is 8.93. The molecule has 2 rings (SSSR count). The zero-order chi connectivity index (χ0) is 14.5. The third-order valence-electron chi connectivity index (χ3n) is 3.85. The van der Waals surface area contributed by atoms with Gasteiger partial charge in [-0.25, -0.2) is 0 Å². The quantitative estimate of drug-likeness (QED) is 0.639. The molecule has 4 nitrogen and oxygen atoms in total. The maximum absolute atomic E-state index is 6.01. The summed E-state index contributed by atoms with van der Waals surface area (Å²) in [6.07, 6.45) is 2.49. The van der Waals surface area contributed by atoms with Crippen LogP contribution in [0.2, 0.25) is 0 Å². The van der Waals surface area contributed by atoms with E-state index in [0.29, 0.717) is 12.0 Å². The SMILES string of the molecule is CCN(CCN=C(N)N(C)C1CC1)c1cccc(C)c1. The van der Waals surface area contributed by atoms with Crippen LogP contribution in [-0.2, 0) is 0 Å². The van der Waals surface area contributed by atoms with Gasteiger partial charge in [0.2, 0.25) is 0 Å². The van der Waals surface area contributed by atoms with Crippen molar-refractivity contribution >= 4 is 11.6 Å². The first kappa shape index (κ1) is 14.7. The molecule has 4 heteroatoms. The van der Waals surface area contributed by atoms with Gasteiger partial charge in [-0.3, -0.25) is 4.99 Å². The zero-order valence-electron chi connectivity index (χ0n) is 12.8. The van der Waals surface area contributed by atoms with Crippen molar-refractivity contribution in [3.8, 4) is 0 Å². The van der Waals surface area contributed by atoms with E-state index in [0.717, 1.165) is 19.6 Å². The molecule has 0 atom stereocenters. The van der Waals surface area contributed by atoms with Gasteiger partial charge in [0.25, 0.3) is 0 Å². The number of aryl methyl sites for hydroxylation is 1. The van der Waals surface area contributed by atoms with Crippen LogP contribution in [0.4, 0.5) is 5.69 Å². The van der Waals surface area contributed by atoms with Crippen molar-refractivity contribution in [1.82, 2.24) is 4.90 Å². The van der Waals surface area contributed by atoms with Crippen LogP contribution in [0.3, 0.4) is 0 Å². The van der Waals surface area contributed by atoms with E-state index in [9.17, 15) is 0 Å². The third-order valence-corrected chi connectivity index (χ3v) is 3.85. The lowest BCUT2D eigenvalue weighted by atomic mass is 10.2. The summed E-state index contributed by atoms with van der Waals surface area (Å²) in [6, 6.07) is 9.22. The number of rotatable bonds is 6. The Kier molecular flexibility index (Phi) is 4.88. The molecular weight excluding hydrogens is 248 g/mol. The first-order valence-corrected chi connectivity index (χ1v) is 7.46. The number of hydrogen-bond donors (Lipinski definition) is 1. The Morgan fingerprint density at radius 1 is 1.40 bits per heavy atom. The first-order chi connectivity index (χ1) is 9.61. The summed E-state index contributed by atoms with van der Waals surface area (Å²) in [5.41, 5.74) is 8.56. The Hall–Kier alpha value is -1.71. The number of nitrogens with zero attached hydrogens (tertiary/aromatic N) is 3. The van der Waals surface area contributed by atoms with Gasteiger partial charge in [0, 0.05) is 31.9 Å². The first-order valence-electron chi connectivity index (χ1n) is 7.46. The molecule has 1 saturated carbocycles. The van der Waals surface area contributed by atoms with Crippen molar-refractivity contribution in [2.24, 2.45) is 10.7 Å². The number of benzene rings is 1. The number of hydrogen-bond acceptors (Lipinski definition) is 2. The number of anilines is 1. The van der Waals surface area contributed by atoms with Gasteiger partial charge in [0.15, 0.2) is 5.96 Å². The van der Waals surface area contributed by atoms with Crippen molar-refractivity contribution in [2.45, 2.75) is 32.7 Å². The topological polar surface area (TPSA) is 44.9 Å². The highest BCUT2D eigenvalue weighted by molar-refractivity contribution is 5.78. The van der Waals surface area contributed by atoms with Crippen molar-refractivity contribution in [2.75, 3.05) is 31.6 Å². The highest BCUT2D eigenvalue weighted by atomic mass is 15.3. The fraction of sp³-hybridized carbons (Fsp3) is 0.562. The number of likely N-dealkylation sites (N-methyl/N-ethyl adjacent to an activating group) is 1. The second kappa shape index (κ2) is 6.64. The van der Waals surface area contributed by atoms with Crippen molar-refractivity contribution < 1.29 is 0 Å². The standard InChI is InChI=1S/C16H26N4/c1-4-20(15-7-5-6-13(2)12-15)11-10-18-16(17)19(3)14-8-9-14/h5-7,12,14H,4,8-11H2,1-3H3,(H2,17,18). The Labute approximate surface area is 122 Å². The summed E-state index contributed by atoms with van der Waals surface area (Å²) in [5, 5.41) is 0. The second-order valence-electron chi connectivity index (χ2n) is 5.50. The van der Waals surface area contributed by atoms with Gasteiger partial charge in [-0.1, -0.05) is 12.1 Å². The molecule has 1 aromatic rings. The van der Waals surface area contributed by atoms with Gasteiger partial charge in [-0.05, 0) is 44.4 Å². The van der Waals surface area contributed by atoms with Crippen LogP contribution in [0.5, 0.6) is 0 Å². The fourth-order valence-corrected chi connectivity index (χ4v) is 2.34. The van der Waals surface area contributed by atoms with E-state index in [1.807, 2.05) is 7.05 Å². The van der Waals surface area contributed by atoms with E-state index in [-0.39, 0.29) is 0 Å². The number of aliphatic imine (C=N–C) groups is 1. The third kappa shape index (κ3) is 3.89. The lowest BCUT2D eigenvalue weighted by molar-refractivity contribution is 0.487. The molecule has 0 heterocycles. The lowest BCUT2D eigenvalue weighted by Gasteiger charge is -2.23. The lowest BCUT2D eigenvalue weighted by Crippen LogP contribution is -2.36. The molecular formula is C16H26N4. The molecule has 20 heavy (non-hydrogen) atoms. The highest BCUT2D eigenvalue weighted by Gasteiger charge is 2.27. The number of guanidine groups is 1. The Morgan fingerprint density at radius 2 is 2.15 bits per heavy atom. The van der Waals surface area contributed by atoms with Crippen LogP contribution < -0.4 is 10.6 Å². The van der Waals surface area contributed by atoms with E-state index in [1.54, 1.807) is 0 Å². The average molecular weight is 274 g/mol. The van der Waals surface area contributed by atoms with Crippen LogP contribution in [0, 0.1) is 6.92 Å². The molecule has 1 aliphatic rings. The molecule has 1 fully saturated rings. The number of nitrogens with two attached hydrogens (primary N) is 1. The molecule has 0 saturated heterocycles. The maximum Gasteiger partial charge on any atom is 0.191 e. The van der Waals surface area contributed by atoms with Crippen LogP contribution in [-0.4, -0.2) is 43.6 Å². The molecule has 1 aromatic carbocycles. The largest absolute Gasteiger partial charge is 0.370 e. The summed E-state index contributed by atoms with van der Waals surface area (Å²) in [5.74, 6) is 0.674. The van der Waals surface area contributed by atoms with E-state index < -0.39 is 0 Å². The molecule has 0 radical (unpaired) electrons. The summed E-state index contributed by atoms with van der Waals surface area (Å²) >= 11 is 0. The Balaban J connectivity index is 1.89. The molecule has 0 spiro atoms. The summed E-state index contributed by atoms with van der Waals surface area (Å²) < 4.78 is 0. The Bertz CT molecular complexity index is 465. The monoisotopic (exact) mass is 274 g/mol. The predicted octanol–water partition coefficient (Wildman–Crippen LogP) is 2.23. The smallest absolute Gasteiger partial charge is 0.191 e. The van der Waals surface area contributed by atoms with Crippen LogP contribution in [0.15, 0.2) is 29.3 Å². The zero-order valence-corrected chi connectivity index (χ0v) is 12.8. The average Bonchev–Trinajstić information content (AvgIpc) is 3.27. The second-order valence-corrected chi connectivity index (χ2v) is 5.50. The van der Waals surface area contributed by atoms with Crippen LogP contribution in [0.25, 0.3) is 0 Å². The van der Waals surface area contributed by atoms with E-state index in [1.165, 1.54) is 24.1 Å². The summed E-state index contributed by atoms with van der Waals surface area (Å²) in [6.45, 7) is 6.92. The predicted molar refractivity (Wildman–Crippen MR) is 86.3 cm³/mol. The van der Waals surface area contributed by atoms with Gasteiger partial charge in [-0.2, -0.15) is 0 Å². The van der Waals surface area contributed by atoms with Crippen LogP contribution in [0.1, 0.15) is 25.3 Å². The van der Waals surface area contributed by atoms with E-state index in [4.69, 9.17) is 5.73 Å². The molecule has 0 unspecified atom stereocenters. The van der Waals surface area contributed by atoms with Crippen molar-refractivity contribution in [1.29, 1.82) is 0 Å². The molecule has 0 aliphatic heterocycles. The minimum Gasteiger partial charge on any atom is -0.370 e. The van der Waals surface area contributed by atoms with Gasteiger partial charge in [-0.15, -0.1) is 0 Å². The van der Waals surface area contributed by atoms with Crippen LogP contribution >= 0.6 is 0 Å². The van der Waals surface area contributed by atoms with Gasteiger partial charge in [0.05, 0.1) is 6.54 Å². The summed E-state index contributed by atoms with van der Waals surface area (Å²) in [7, 11) is 2.04. The van der Waals surface area contributed by atoms with E-state index in [2.05, 4.69) is 52.9 Å². The van der Waals surface area contributed by atoms with Crippen molar-refractivity contribution in [3.63, 3.8) is 0 Å².